The number of urea groups is 1. The SMILES string of the molecule is O=C(Nc1ccc(CCNC(=O)c2nc3ccccc3[nH]2)cc1)Nc1ccc(Cl)c(C(F)(F)F)c1. The first-order valence-electron chi connectivity index (χ1n) is 10.5. The average molecular weight is 502 g/mol. The Balaban J connectivity index is 1.27. The lowest BCUT2D eigenvalue weighted by atomic mass is 10.1. The number of fused-ring (bicyclic) bond motifs is 1. The number of carbonyl (C=O) groups is 2. The van der Waals surface area contributed by atoms with Crippen molar-refractivity contribution >= 4 is 45.9 Å². The topological polar surface area (TPSA) is 98.9 Å². The molecule has 7 nitrogen and oxygen atoms in total. The predicted molar refractivity (Wildman–Crippen MR) is 128 cm³/mol. The van der Waals surface area contributed by atoms with Crippen molar-refractivity contribution in [2.45, 2.75) is 12.6 Å². The van der Waals surface area contributed by atoms with Gasteiger partial charge in [-0.3, -0.25) is 4.79 Å². The predicted octanol–water partition coefficient (Wildman–Crippen LogP) is 5.85. The van der Waals surface area contributed by atoms with Gasteiger partial charge < -0.3 is 20.9 Å². The molecule has 3 aromatic carbocycles. The Morgan fingerprint density at radius 2 is 1.63 bits per heavy atom. The fourth-order valence-corrected chi connectivity index (χ4v) is 3.56. The highest BCUT2D eigenvalue weighted by Gasteiger charge is 2.33. The summed E-state index contributed by atoms with van der Waals surface area (Å²) < 4.78 is 38.9. The summed E-state index contributed by atoms with van der Waals surface area (Å²) in [4.78, 5) is 31.7. The Labute approximate surface area is 202 Å². The zero-order valence-corrected chi connectivity index (χ0v) is 18.8. The van der Waals surface area contributed by atoms with E-state index in [2.05, 4.69) is 25.9 Å². The minimum atomic E-state index is -4.63. The number of amides is 3. The summed E-state index contributed by atoms with van der Waals surface area (Å²) >= 11 is 5.59. The molecule has 0 radical (unpaired) electrons. The Morgan fingerprint density at radius 1 is 0.943 bits per heavy atom. The molecule has 0 unspecified atom stereocenters. The molecule has 0 saturated heterocycles. The van der Waals surface area contributed by atoms with Crippen LogP contribution in [0.4, 0.5) is 29.3 Å². The first kappa shape index (κ1) is 24.1. The zero-order valence-electron chi connectivity index (χ0n) is 18.0. The summed E-state index contributed by atoms with van der Waals surface area (Å²) in [7, 11) is 0. The average Bonchev–Trinajstić information content (AvgIpc) is 3.25. The van der Waals surface area contributed by atoms with Gasteiger partial charge in [0.1, 0.15) is 0 Å². The van der Waals surface area contributed by atoms with Crippen LogP contribution >= 0.6 is 11.6 Å². The Bertz CT molecular complexity index is 1340. The van der Waals surface area contributed by atoms with Crippen molar-refractivity contribution in [2.24, 2.45) is 0 Å². The van der Waals surface area contributed by atoms with E-state index in [0.29, 0.717) is 24.2 Å². The summed E-state index contributed by atoms with van der Waals surface area (Å²) in [6, 6.07) is 16.6. The molecular weight excluding hydrogens is 483 g/mol. The van der Waals surface area contributed by atoms with E-state index in [-0.39, 0.29) is 17.4 Å². The summed E-state index contributed by atoms with van der Waals surface area (Å²) in [6.07, 6.45) is -4.09. The molecule has 0 bridgehead atoms. The molecule has 3 amide bonds. The van der Waals surface area contributed by atoms with Crippen LogP contribution in [0, 0.1) is 0 Å². The van der Waals surface area contributed by atoms with Gasteiger partial charge in [-0.15, -0.1) is 0 Å². The maximum absolute atomic E-state index is 13.0. The van der Waals surface area contributed by atoms with Crippen molar-refractivity contribution < 1.29 is 22.8 Å². The van der Waals surface area contributed by atoms with Crippen LogP contribution < -0.4 is 16.0 Å². The number of aromatic nitrogens is 2. The lowest BCUT2D eigenvalue weighted by Gasteiger charge is -2.12. The number of benzene rings is 3. The number of imidazole rings is 1. The molecule has 0 aliphatic rings. The first-order valence-corrected chi connectivity index (χ1v) is 10.8. The minimum absolute atomic E-state index is 0.0453. The number of halogens is 4. The number of para-hydroxylation sites is 2. The number of nitrogens with zero attached hydrogens (tertiary/aromatic N) is 1. The highest BCUT2D eigenvalue weighted by molar-refractivity contribution is 6.31. The first-order chi connectivity index (χ1) is 16.7. The largest absolute Gasteiger partial charge is 0.417 e. The number of carbonyl (C=O) groups excluding carboxylic acids is 2. The third-order valence-corrected chi connectivity index (χ3v) is 5.37. The normalized spacial score (nSPS) is 11.3. The number of hydrogen-bond donors (Lipinski definition) is 4. The van der Waals surface area contributed by atoms with Crippen molar-refractivity contribution in [1.29, 1.82) is 0 Å². The summed E-state index contributed by atoms with van der Waals surface area (Å²) in [5, 5.41) is 7.25. The van der Waals surface area contributed by atoms with E-state index in [1.165, 1.54) is 6.07 Å². The third kappa shape index (κ3) is 6.10. The molecule has 0 aliphatic carbocycles. The monoisotopic (exact) mass is 501 g/mol. The molecule has 4 N–H and O–H groups in total. The van der Waals surface area contributed by atoms with Crippen LogP contribution in [0.15, 0.2) is 66.7 Å². The Morgan fingerprint density at radius 3 is 2.34 bits per heavy atom. The number of nitrogens with one attached hydrogen (secondary N) is 4. The van der Waals surface area contributed by atoms with E-state index in [1.54, 1.807) is 24.3 Å². The number of hydrogen-bond acceptors (Lipinski definition) is 3. The quantitative estimate of drug-likeness (QED) is 0.266. The van der Waals surface area contributed by atoms with E-state index in [4.69, 9.17) is 11.6 Å². The van der Waals surface area contributed by atoms with Gasteiger partial charge in [0.2, 0.25) is 0 Å². The molecule has 0 saturated carbocycles. The molecule has 0 atom stereocenters. The Kier molecular flexibility index (Phi) is 6.92. The summed E-state index contributed by atoms with van der Waals surface area (Å²) in [5.41, 5.74) is 1.77. The molecule has 1 aromatic heterocycles. The number of anilines is 2. The molecule has 0 fully saturated rings. The Hall–Kier alpha value is -4.05. The molecule has 180 valence electrons. The van der Waals surface area contributed by atoms with Gasteiger partial charge in [-0.05, 0) is 54.4 Å². The highest BCUT2D eigenvalue weighted by Crippen LogP contribution is 2.36. The number of H-pyrrole nitrogens is 1. The van der Waals surface area contributed by atoms with Crippen LogP contribution in [-0.2, 0) is 12.6 Å². The smallest absolute Gasteiger partial charge is 0.349 e. The van der Waals surface area contributed by atoms with E-state index < -0.39 is 22.8 Å². The van der Waals surface area contributed by atoms with Gasteiger partial charge in [-0.2, -0.15) is 13.2 Å². The summed E-state index contributed by atoms with van der Waals surface area (Å²) in [6.45, 7) is 0.376. The lowest BCUT2D eigenvalue weighted by molar-refractivity contribution is -0.137. The van der Waals surface area contributed by atoms with E-state index >= 15 is 0 Å². The van der Waals surface area contributed by atoms with Gasteiger partial charge in [0.25, 0.3) is 5.91 Å². The van der Waals surface area contributed by atoms with Gasteiger partial charge in [0, 0.05) is 17.9 Å². The molecular formula is C24H19ClF3N5O2. The van der Waals surface area contributed by atoms with Gasteiger partial charge in [0.05, 0.1) is 21.6 Å². The van der Waals surface area contributed by atoms with Crippen molar-refractivity contribution in [3.05, 3.63) is 88.7 Å². The molecule has 0 spiro atoms. The van der Waals surface area contributed by atoms with Crippen molar-refractivity contribution in [3.8, 4) is 0 Å². The van der Waals surface area contributed by atoms with Crippen LogP contribution in [0.3, 0.4) is 0 Å². The fraction of sp³-hybridized carbons (Fsp3) is 0.125. The van der Waals surface area contributed by atoms with Gasteiger partial charge in [0.15, 0.2) is 5.82 Å². The van der Waals surface area contributed by atoms with Gasteiger partial charge >= 0.3 is 12.2 Å². The maximum Gasteiger partial charge on any atom is 0.417 e. The van der Waals surface area contributed by atoms with E-state index in [0.717, 1.165) is 23.2 Å². The van der Waals surface area contributed by atoms with Crippen LogP contribution in [-0.4, -0.2) is 28.5 Å². The second kappa shape index (κ2) is 10.1. The van der Waals surface area contributed by atoms with Crippen molar-refractivity contribution in [3.63, 3.8) is 0 Å². The number of rotatable bonds is 6. The maximum atomic E-state index is 13.0. The lowest BCUT2D eigenvalue weighted by Crippen LogP contribution is -2.26. The van der Waals surface area contributed by atoms with Gasteiger partial charge in [-0.25, -0.2) is 9.78 Å². The molecule has 1 heterocycles. The second-order valence-corrected chi connectivity index (χ2v) is 7.98. The second-order valence-electron chi connectivity index (χ2n) is 7.58. The molecule has 0 aliphatic heterocycles. The molecule has 4 aromatic rings. The highest BCUT2D eigenvalue weighted by atomic mass is 35.5. The summed E-state index contributed by atoms with van der Waals surface area (Å²) in [5.74, 6) is -0.0770. The fourth-order valence-electron chi connectivity index (χ4n) is 3.33. The zero-order chi connectivity index (χ0) is 25.0. The van der Waals surface area contributed by atoms with Crippen LogP contribution in [0.1, 0.15) is 21.7 Å². The standard InChI is InChI=1S/C24H19ClF3N5O2/c25-18-10-9-16(13-17(18)24(26,27)28)31-23(35)30-15-7-5-14(6-8-15)11-12-29-22(34)21-32-19-3-1-2-4-20(19)33-21/h1-10,13H,11-12H2,(H,29,34)(H,32,33)(H2,30,31,35). The van der Waals surface area contributed by atoms with Crippen molar-refractivity contribution in [1.82, 2.24) is 15.3 Å². The van der Waals surface area contributed by atoms with E-state index in [1.807, 2.05) is 24.3 Å². The number of alkyl halides is 3. The van der Waals surface area contributed by atoms with Crippen LogP contribution in [0.25, 0.3) is 11.0 Å². The van der Waals surface area contributed by atoms with Crippen molar-refractivity contribution in [2.75, 3.05) is 17.2 Å². The minimum Gasteiger partial charge on any atom is -0.349 e. The molecule has 11 heteroatoms. The van der Waals surface area contributed by atoms with E-state index in [9.17, 15) is 22.8 Å². The van der Waals surface area contributed by atoms with Gasteiger partial charge in [-0.1, -0.05) is 35.9 Å². The molecule has 4 rings (SSSR count). The van der Waals surface area contributed by atoms with Crippen LogP contribution in [0.2, 0.25) is 5.02 Å². The molecule has 35 heavy (non-hydrogen) atoms. The van der Waals surface area contributed by atoms with Crippen LogP contribution in [0.5, 0.6) is 0 Å². The number of aromatic amines is 1. The third-order valence-electron chi connectivity index (χ3n) is 5.05.